The molecule has 7 heteroatoms. The van der Waals surface area contributed by atoms with Gasteiger partial charge in [-0.1, -0.05) is 26.3 Å². The first-order valence-electron chi connectivity index (χ1n) is 11.0. The first kappa shape index (κ1) is 23.4. The van der Waals surface area contributed by atoms with Gasteiger partial charge in [-0.2, -0.15) is 9.61 Å². The lowest BCUT2D eigenvalue weighted by Gasteiger charge is -2.26. The van der Waals surface area contributed by atoms with E-state index in [1.165, 1.54) is 12.0 Å². The topological polar surface area (TPSA) is 51.9 Å². The van der Waals surface area contributed by atoms with Gasteiger partial charge in [0, 0.05) is 24.2 Å². The van der Waals surface area contributed by atoms with Crippen LogP contribution in [0.4, 0.5) is 5.82 Å². The van der Waals surface area contributed by atoms with Crippen molar-refractivity contribution in [2.24, 2.45) is 0 Å². The summed E-state index contributed by atoms with van der Waals surface area (Å²) in [7, 11) is 1.70. The first-order chi connectivity index (χ1) is 14.6. The van der Waals surface area contributed by atoms with Gasteiger partial charge >= 0.3 is 0 Å². The summed E-state index contributed by atoms with van der Waals surface area (Å²) in [6, 6.07) is 6.19. The summed E-state index contributed by atoms with van der Waals surface area (Å²) in [6.07, 6.45) is 3.42. The third kappa shape index (κ3) is 4.23. The standard InChI is InChI=1S/C24H32N4O2.ClH/c1-6-8-12-27(11-7-2)24-20-14-30-15-21(20)25-23-22(17(4)26-28(23)24)19-10-9-18(29-5)13-16(19)3;/h9-10,13H,6-8,11-12,14-15H2,1-5H3;1H. The number of aryl methyl sites for hydroxylation is 2. The molecule has 1 aliphatic heterocycles. The molecule has 3 heterocycles. The van der Waals surface area contributed by atoms with Crippen LogP contribution in [0.3, 0.4) is 0 Å². The maximum absolute atomic E-state index is 5.81. The number of halogens is 1. The zero-order valence-electron chi connectivity index (χ0n) is 19.2. The monoisotopic (exact) mass is 444 g/mol. The van der Waals surface area contributed by atoms with Gasteiger partial charge in [0.1, 0.15) is 11.6 Å². The molecule has 0 aliphatic carbocycles. The van der Waals surface area contributed by atoms with Crippen LogP contribution in [0.2, 0.25) is 0 Å². The molecule has 6 nitrogen and oxygen atoms in total. The van der Waals surface area contributed by atoms with Gasteiger partial charge in [0.05, 0.1) is 31.7 Å². The molecule has 4 rings (SSSR count). The van der Waals surface area contributed by atoms with Gasteiger partial charge in [-0.25, -0.2) is 4.98 Å². The van der Waals surface area contributed by atoms with Crippen LogP contribution >= 0.6 is 12.4 Å². The predicted octanol–water partition coefficient (Wildman–Crippen LogP) is 5.49. The van der Waals surface area contributed by atoms with Crippen molar-refractivity contribution in [2.75, 3.05) is 25.1 Å². The minimum Gasteiger partial charge on any atom is -0.497 e. The highest BCUT2D eigenvalue weighted by molar-refractivity contribution is 5.85. The molecule has 0 saturated heterocycles. The summed E-state index contributed by atoms with van der Waals surface area (Å²) in [5.74, 6) is 2.02. The van der Waals surface area contributed by atoms with Crippen molar-refractivity contribution in [3.8, 4) is 16.9 Å². The van der Waals surface area contributed by atoms with Gasteiger partial charge in [-0.15, -0.1) is 12.4 Å². The Morgan fingerprint density at radius 3 is 2.61 bits per heavy atom. The van der Waals surface area contributed by atoms with Gasteiger partial charge in [-0.3, -0.25) is 0 Å². The van der Waals surface area contributed by atoms with Crippen molar-refractivity contribution < 1.29 is 9.47 Å². The maximum Gasteiger partial charge on any atom is 0.165 e. The van der Waals surface area contributed by atoms with E-state index in [1.807, 2.05) is 6.07 Å². The highest BCUT2D eigenvalue weighted by atomic mass is 35.5. The van der Waals surface area contributed by atoms with E-state index in [1.54, 1.807) is 7.11 Å². The van der Waals surface area contributed by atoms with Gasteiger partial charge in [-0.05, 0) is 49.9 Å². The summed E-state index contributed by atoms with van der Waals surface area (Å²) < 4.78 is 13.3. The summed E-state index contributed by atoms with van der Waals surface area (Å²) >= 11 is 0. The zero-order valence-corrected chi connectivity index (χ0v) is 20.0. The number of unbranched alkanes of at least 4 members (excludes halogenated alkanes) is 1. The normalized spacial score (nSPS) is 12.7. The average molecular weight is 445 g/mol. The van der Waals surface area contributed by atoms with E-state index in [0.29, 0.717) is 13.2 Å². The minimum absolute atomic E-state index is 0. The van der Waals surface area contributed by atoms with Crippen LogP contribution in [0.25, 0.3) is 16.8 Å². The van der Waals surface area contributed by atoms with Gasteiger partial charge < -0.3 is 14.4 Å². The Morgan fingerprint density at radius 1 is 1.13 bits per heavy atom. The number of hydrogen-bond acceptors (Lipinski definition) is 5. The number of fused-ring (bicyclic) bond motifs is 2. The molecule has 1 aromatic carbocycles. The number of ether oxygens (including phenoxy) is 2. The summed E-state index contributed by atoms with van der Waals surface area (Å²) in [5, 5.41) is 4.99. The third-order valence-electron chi connectivity index (χ3n) is 5.86. The minimum atomic E-state index is 0. The molecule has 0 amide bonds. The van der Waals surface area contributed by atoms with E-state index < -0.39 is 0 Å². The van der Waals surface area contributed by atoms with Crippen LogP contribution < -0.4 is 9.64 Å². The van der Waals surface area contributed by atoms with Crippen LogP contribution in [0.5, 0.6) is 5.75 Å². The van der Waals surface area contributed by atoms with Crippen LogP contribution in [0.1, 0.15) is 55.6 Å². The van der Waals surface area contributed by atoms with Gasteiger partial charge in [0.2, 0.25) is 0 Å². The van der Waals surface area contributed by atoms with Crippen LogP contribution in [-0.4, -0.2) is 34.8 Å². The molecule has 0 spiro atoms. The van der Waals surface area contributed by atoms with E-state index in [9.17, 15) is 0 Å². The summed E-state index contributed by atoms with van der Waals surface area (Å²) in [6.45, 7) is 11.9. The van der Waals surface area contributed by atoms with Gasteiger partial charge in [0.15, 0.2) is 5.65 Å². The Balaban J connectivity index is 0.00000272. The lowest BCUT2D eigenvalue weighted by atomic mass is 10.0. The second kappa shape index (κ2) is 9.88. The fraction of sp³-hybridized carbons (Fsp3) is 0.500. The number of hydrogen-bond donors (Lipinski definition) is 0. The smallest absolute Gasteiger partial charge is 0.165 e. The summed E-state index contributed by atoms with van der Waals surface area (Å²) in [4.78, 5) is 7.51. The number of aromatic nitrogens is 3. The molecule has 3 aromatic rings. The molecular weight excluding hydrogens is 412 g/mol. The Kier molecular flexibility index (Phi) is 7.44. The zero-order chi connectivity index (χ0) is 21.3. The molecular formula is C24H33ClN4O2. The fourth-order valence-corrected chi connectivity index (χ4v) is 4.36. The highest BCUT2D eigenvalue weighted by Gasteiger charge is 2.27. The quantitative estimate of drug-likeness (QED) is 0.459. The molecule has 168 valence electrons. The molecule has 0 radical (unpaired) electrons. The van der Waals surface area contributed by atoms with Crippen LogP contribution in [0.15, 0.2) is 18.2 Å². The van der Waals surface area contributed by atoms with E-state index >= 15 is 0 Å². The number of nitrogens with zero attached hydrogens (tertiary/aromatic N) is 4. The van der Waals surface area contributed by atoms with E-state index in [4.69, 9.17) is 19.6 Å². The van der Waals surface area contributed by atoms with Crippen LogP contribution in [0, 0.1) is 13.8 Å². The molecule has 0 N–H and O–H groups in total. The largest absolute Gasteiger partial charge is 0.497 e. The molecule has 2 aromatic heterocycles. The molecule has 0 atom stereocenters. The Morgan fingerprint density at radius 2 is 1.94 bits per heavy atom. The lowest BCUT2D eigenvalue weighted by molar-refractivity contribution is 0.133. The first-order valence-corrected chi connectivity index (χ1v) is 11.0. The molecule has 0 bridgehead atoms. The number of benzene rings is 1. The van der Waals surface area contributed by atoms with E-state index in [2.05, 4.69) is 49.2 Å². The van der Waals surface area contributed by atoms with Crippen molar-refractivity contribution in [3.63, 3.8) is 0 Å². The van der Waals surface area contributed by atoms with Crippen molar-refractivity contribution in [1.82, 2.24) is 14.6 Å². The molecule has 0 saturated carbocycles. The molecule has 1 aliphatic rings. The van der Waals surface area contributed by atoms with E-state index in [-0.39, 0.29) is 12.4 Å². The van der Waals surface area contributed by atoms with Crippen molar-refractivity contribution >= 4 is 23.9 Å². The Labute approximate surface area is 191 Å². The van der Waals surface area contributed by atoms with Crippen LogP contribution in [-0.2, 0) is 18.0 Å². The maximum atomic E-state index is 5.81. The Bertz CT molecular complexity index is 1060. The second-order valence-electron chi connectivity index (χ2n) is 8.07. The SMILES string of the molecule is CCCCN(CCC)c1c2c(nc3c(-c4ccc(OC)cc4C)c(C)nn13)COC2.Cl. The molecule has 31 heavy (non-hydrogen) atoms. The summed E-state index contributed by atoms with van der Waals surface area (Å²) in [5.41, 5.74) is 7.54. The fourth-order valence-electron chi connectivity index (χ4n) is 4.36. The third-order valence-corrected chi connectivity index (χ3v) is 5.86. The van der Waals surface area contributed by atoms with Gasteiger partial charge in [0.25, 0.3) is 0 Å². The molecule has 0 fully saturated rings. The number of anilines is 1. The second-order valence-corrected chi connectivity index (χ2v) is 8.07. The predicted molar refractivity (Wildman–Crippen MR) is 128 cm³/mol. The Hall–Kier alpha value is -2.31. The van der Waals surface area contributed by atoms with Crippen molar-refractivity contribution in [2.45, 2.75) is 60.2 Å². The van der Waals surface area contributed by atoms with Crippen molar-refractivity contribution in [1.29, 1.82) is 0 Å². The highest BCUT2D eigenvalue weighted by Crippen LogP contribution is 2.37. The molecule has 0 unspecified atom stereocenters. The van der Waals surface area contributed by atoms with E-state index in [0.717, 1.165) is 71.2 Å². The lowest BCUT2D eigenvalue weighted by Crippen LogP contribution is -2.29. The number of methoxy groups -OCH3 is 1. The average Bonchev–Trinajstić information content (AvgIpc) is 3.33. The number of rotatable bonds is 8. The van der Waals surface area contributed by atoms with Crippen molar-refractivity contribution in [3.05, 3.63) is 40.7 Å².